The smallest absolute Gasteiger partial charge is 1.00 e. The van der Waals surface area contributed by atoms with E-state index in [4.69, 9.17) is 0 Å². The van der Waals surface area contributed by atoms with Crippen LogP contribution < -0.4 is 24.0 Å². The molecule has 0 heterocycles. The molecule has 0 saturated heterocycles. The Balaban J connectivity index is 0. The van der Waals surface area contributed by atoms with E-state index >= 15 is 0 Å². The van der Waals surface area contributed by atoms with Crippen LogP contribution >= 0.6 is 0 Å². The third-order valence-electron chi connectivity index (χ3n) is 5.69. The molecule has 32 heavy (non-hydrogen) atoms. The van der Waals surface area contributed by atoms with E-state index in [0.717, 1.165) is 0 Å². The molecule has 0 aliphatic rings. The molecule has 0 N–H and O–H groups in total. The fourth-order valence-electron chi connectivity index (χ4n) is 3.19. The van der Waals surface area contributed by atoms with Crippen LogP contribution in [0.15, 0.2) is 24.3 Å². The van der Waals surface area contributed by atoms with Gasteiger partial charge < -0.3 is 24.0 Å². The van der Waals surface area contributed by atoms with Gasteiger partial charge in [-0.15, -0.1) is 0 Å². The quantitative estimate of drug-likeness (QED) is 0.321. The van der Waals surface area contributed by atoms with Gasteiger partial charge in [-0.3, -0.25) is 0 Å². The number of benzene rings is 2. The molecular formula is C30H46IIn. The van der Waals surface area contributed by atoms with Gasteiger partial charge in [0.05, 0.1) is 0 Å². The number of hydrogen-bond donors (Lipinski definition) is 0. The predicted molar refractivity (Wildman–Crippen MR) is 141 cm³/mol. The minimum absolute atomic E-state index is 0. The maximum Gasteiger partial charge on any atom is 1.00 e. The van der Waals surface area contributed by atoms with E-state index < -0.39 is 0 Å². The van der Waals surface area contributed by atoms with Crippen molar-refractivity contribution in [2.75, 3.05) is 0 Å². The Bertz CT molecular complexity index is 588. The summed E-state index contributed by atoms with van der Waals surface area (Å²) in [5.41, 5.74) is 8.30. The summed E-state index contributed by atoms with van der Waals surface area (Å²) < 4.78 is 0. The Kier molecular flexibility index (Phi) is 16.9. The first-order chi connectivity index (χ1) is 13.8. The average Bonchev–Trinajstić information content (AvgIpc) is 2.67. The van der Waals surface area contributed by atoms with Crippen molar-refractivity contribution in [2.45, 2.75) is 119 Å². The van der Waals surface area contributed by atoms with Gasteiger partial charge in [0.2, 0.25) is 0 Å². The number of rotatable bonds is 6. The summed E-state index contributed by atoms with van der Waals surface area (Å²) in [7, 11) is 0. The fourth-order valence-corrected chi connectivity index (χ4v) is 3.19. The molecule has 4 radical (unpaired) electrons. The molecule has 0 atom stereocenters. The normalized spacial score (nSPS) is 11.1. The summed E-state index contributed by atoms with van der Waals surface area (Å²) in [6.07, 6.45) is 0. The van der Waals surface area contributed by atoms with E-state index in [-0.39, 0.29) is 49.8 Å². The molecule has 2 aromatic carbocycles. The molecule has 0 fully saturated rings. The Morgan fingerprint density at radius 3 is 0.719 bits per heavy atom. The Morgan fingerprint density at radius 2 is 0.594 bits per heavy atom. The van der Waals surface area contributed by atoms with Crippen molar-refractivity contribution in [3.63, 3.8) is 0 Å². The molecule has 0 aromatic heterocycles. The monoisotopic (exact) mass is 648 g/mol. The maximum atomic E-state index is 3.54. The Hall–Kier alpha value is 0.0401. The second kappa shape index (κ2) is 15.8. The Morgan fingerprint density at radius 1 is 0.406 bits per heavy atom. The van der Waals surface area contributed by atoms with E-state index in [1.807, 2.05) is 0 Å². The minimum atomic E-state index is 0. The summed E-state index contributed by atoms with van der Waals surface area (Å²) in [5.74, 6) is 3.49. The molecule has 0 unspecified atom stereocenters. The maximum absolute atomic E-state index is 3.54. The summed E-state index contributed by atoms with van der Waals surface area (Å²) in [4.78, 5) is 0. The molecule has 0 spiro atoms. The largest absolute Gasteiger partial charge is 1.00 e. The van der Waals surface area contributed by atoms with Crippen molar-refractivity contribution in [2.24, 2.45) is 0 Å². The molecule has 0 nitrogen and oxygen atoms in total. The van der Waals surface area contributed by atoms with E-state index in [0.29, 0.717) is 35.5 Å². The van der Waals surface area contributed by atoms with Crippen LogP contribution in [0.1, 0.15) is 152 Å². The average molecular weight is 648 g/mol. The second-order valence-corrected chi connectivity index (χ2v) is 10.6. The second-order valence-electron chi connectivity index (χ2n) is 10.6. The Labute approximate surface area is 236 Å². The van der Waals surface area contributed by atoms with Crippen molar-refractivity contribution in [1.82, 2.24) is 0 Å². The van der Waals surface area contributed by atoms with Gasteiger partial charge in [0, 0.05) is 0 Å². The van der Waals surface area contributed by atoms with E-state index in [1.54, 1.807) is 0 Å². The zero-order valence-corrected chi connectivity index (χ0v) is 28.2. The van der Waals surface area contributed by atoms with Gasteiger partial charge in [-0.1, -0.05) is 107 Å². The standard InChI is InChI=1S/2C15H23.HI.In/c2*1-10(2)13-7-14(11(3)4)9-15(8-13)12(5)6;;/h2*7-8,10-12H,1-6H3;1H;/q;;;+1/p-1. The number of hydrogen-bond acceptors (Lipinski definition) is 0. The molecule has 0 bridgehead atoms. The van der Waals surface area contributed by atoms with Gasteiger partial charge in [-0.25, -0.2) is 0 Å². The molecule has 0 saturated carbocycles. The molecule has 2 heteroatoms. The molecule has 0 amide bonds. The summed E-state index contributed by atoms with van der Waals surface area (Å²) >= 11 is 0. The summed E-state index contributed by atoms with van der Waals surface area (Å²) in [5, 5.41) is 0. The van der Waals surface area contributed by atoms with Gasteiger partial charge in [-0.2, -0.15) is 0 Å². The van der Waals surface area contributed by atoms with Crippen LogP contribution in [-0.2, 0) is 0 Å². The zero-order chi connectivity index (χ0) is 23.2. The van der Waals surface area contributed by atoms with Gasteiger partial charge in [0.25, 0.3) is 0 Å². The van der Waals surface area contributed by atoms with Gasteiger partial charge in [0.15, 0.2) is 0 Å². The minimum Gasteiger partial charge on any atom is -1.00 e. The summed E-state index contributed by atoms with van der Waals surface area (Å²) in [6.45, 7) is 26.9. The van der Waals surface area contributed by atoms with E-state index in [1.165, 1.54) is 33.4 Å². The van der Waals surface area contributed by atoms with Crippen LogP contribution in [0.25, 0.3) is 0 Å². The first kappa shape index (κ1) is 34.2. The van der Waals surface area contributed by atoms with E-state index in [9.17, 15) is 0 Å². The van der Waals surface area contributed by atoms with Crippen molar-refractivity contribution in [3.8, 4) is 0 Å². The zero-order valence-electron chi connectivity index (χ0n) is 22.7. The molecule has 2 aromatic rings. The van der Waals surface area contributed by atoms with Crippen molar-refractivity contribution >= 4 is 25.8 Å². The van der Waals surface area contributed by atoms with Gasteiger partial charge >= 0.3 is 25.8 Å². The van der Waals surface area contributed by atoms with Crippen LogP contribution in [0.5, 0.6) is 0 Å². The summed E-state index contributed by atoms with van der Waals surface area (Å²) in [6, 6.07) is 16.3. The van der Waals surface area contributed by atoms with Crippen LogP contribution in [0.3, 0.4) is 0 Å². The van der Waals surface area contributed by atoms with Crippen LogP contribution in [0, 0.1) is 12.1 Å². The van der Waals surface area contributed by atoms with Gasteiger partial charge in [0.1, 0.15) is 0 Å². The third kappa shape index (κ3) is 11.0. The number of halogens is 1. The van der Waals surface area contributed by atoms with Gasteiger partial charge in [-0.05, 0) is 81.0 Å². The predicted octanol–water partition coefficient (Wildman–Crippen LogP) is 6.34. The SMILES string of the molecule is CC(C)c1[c]c(C(C)C)cc(C(C)C)c1.CC(C)c1[c]c(C(C)C)cc(C(C)C)c1.[I-].[In+]. The molecular weight excluding hydrogens is 602 g/mol. The van der Waals surface area contributed by atoms with Crippen LogP contribution in [0.2, 0.25) is 0 Å². The first-order valence-electron chi connectivity index (χ1n) is 12.0. The topological polar surface area (TPSA) is 0 Å². The first-order valence-corrected chi connectivity index (χ1v) is 12.0. The molecule has 2 rings (SSSR count). The molecule has 0 aliphatic carbocycles. The van der Waals surface area contributed by atoms with Crippen molar-refractivity contribution < 1.29 is 24.0 Å². The molecule has 0 aliphatic heterocycles. The van der Waals surface area contributed by atoms with Crippen LogP contribution in [-0.4, -0.2) is 25.8 Å². The third-order valence-corrected chi connectivity index (χ3v) is 5.69. The fraction of sp³-hybridized carbons (Fsp3) is 0.600. The van der Waals surface area contributed by atoms with Crippen LogP contribution in [0.4, 0.5) is 0 Å². The van der Waals surface area contributed by atoms with Crippen molar-refractivity contribution in [3.05, 3.63) is 69.8 Å². The van der Waals surface area contributed by atoms with Crippen molar-refractivity contribution in [1.29, 1.82) is 0 Å². The van der Waals surface area contributed by atoms with E-state index in [2.05, 4.69) is 119 Å². The molecule has 176 valence electrons.